The van der Waals surface area contributed by atoms with Gasteiger partial charge in [-0.2, -0.15) is 10.1 Å². The first-order chi connectivity index (χ1) is 9.56. The normalized spacial score (nSPS) is 13.7. The zero-order valence-electron chi connectivity index (χ0n) is 11.7. The van der Waals surface area contributed by atoms with Crippen LogP contribution < -0.4 is 5.73 Å². The van der Waals surface area contributed by atoms with Gasteiger partial charge in [-0.1, -0.05) is 24.2 Å². The summed E-state index contributed by atoms with van der Waals surface area (Å²) in [5.41, 5.74) is 5.74. The van der Waals surface area contributed by atoms with Crippen LogP contribution in [-0.4, -0.2) is 25.8 Å². The first kappa shape index (κ1) is 14.0. The summed E-state index contributed by atoms with van der Waals surface area (Å²) in [7, 11) is 0. The Bertz CT molecular complexity index is 560. The van der Waals surface area contributed by atoms with Gasteiger partial charge in [0.15, 0.2) is 11.7 Å². The molecule has 0 spiro atoms. The lowest BCUT2D eigenvalue weighted by Gasteiger charge is -2.06. The SMILES string of the molecule is CC(C)c1noc(C(C)O/N=C(\N)Cn2cccn2)n1. The van der Waals surface area contributed by atoms with E-state index in [0.29, 0.717) is 24.1 Å². The fraction of sp³-hybridized carbons (Fsp3) is 0.500. The summed E-state index contributed by atoms with van der Waals surface area (Å²) in [5, 5.41) is 11.7. The molecular formula is C12H18N6O2. The number of hydrogen-bond donors (Lipinski definition) is 1. The van der Waals surface area contributed by atoms with E-state index in [1.54, 1.807) is 24.0 Å². The van der Waals surface area contributed by atoms with Crippen LogP contribution in [0.1, 0.15) is 44.5 Å². The average Bonchev–Trinajstić information content (AvgIpc) is 3.06. The lowest BCUT2D eigenvalue weighted by Crippen LogP contribution is -2.20. The zero-order valence-corrected chi connectivity index (χ0v) is 11.7. The molecule has 1 unspecified atom stereocenters. The second-order valence-corrected chi connectivity index (χ2v) is 4.68. The first-order valence-corrected chi connectivity index (χ1v) is 6.35. The largest absolute Gasteiger partial charge is 0.383 e. The van der Waals surface area contributed by atoms with Crippen LogP contribution in [-0.2, 0) is 11.4 Å². The Balaban J connectivity index is 1.91. The van der Waals surface area contributed by atoms with E-state index in [9.17, 15) is 0 Å². The maximum absolute atomic E-state index is 5.74. The molecule has 0 aliphatic rings. The van der Waals surface area contributed by atoms with Gasteiger partial charge in [0.2, 0.25) is 6.10 Å². The van der Waals surface area contributed by atoms with E-state index in [-0.39, 0.29) is 5.92 Å². The van der Waals surface area contributed by atoms with Crippen molar-refractivity contribution in [2.45, 2.75) is 39.3 Å². The van der Waals surface area contributed by atoms with Crippen molar-refractivity contribution in [1.29, 1.82) is 0 Å². The van der Waals surface area contributed by atoms with Crippen molar-refractivity contribution >= 4 is 5.84 Å². The molecule has 0 bridgehead atoms. The van der Waals surface area contributed by atoms with Crippen LogP contribution in [0.3, 0.4) is 0 Å². The van der Waals surface area contributed by atoms with E-state index >= 15 is 0 Å². The third-order valence-corrected chi connectivity index (χ3v) is 2.53. The highest BCUT2D eigenvalue weighted by molar-refractivity contribution is 5.79. The molecule has 0 aliphatic heterocycles. The van der Waals surface area contributed by atoms with Gasteiger partial charge < -0.3 is 15.1 Å². The van der Waals surface area contributed by atoms with Crippen LogP contribution in [0.5, 0.6) is 0 Å². The van der Waals surface area contributed by atoms with Gasteiger partial charge in [-0.25, -0.2) is 0 Å². The summed E-state index contributed by atoms with van der Waals surface area (Å²) in [4.78, 5) is 9.49. The predicted molar refractivity (Wildman–Crippen MR) is 71.7 cm³/mol. The lowest BCUT2D eigenvalue weighted by atomic mass is 10.2. The second-order valence-electron chi connectivity index (χ2n) is 4.68. The van der Waals surface area contributed by atoms with Crippen LogP contribution in [0, 0.1) is 0 Å². The summed E-state index contributed by atoms with van der Waals surface area (Å²) in [6, 6.07) is 1.81. The lowest BCUT2D eigenvalue weighted by molar-refractivity contribution is 0.0472. The molecule has 0 saturated heterocycles. The Morgan fingerprint density at radius 3 is 2.90 bits per heavy atom. The Morgan fingerprint density at radius 1 is 1.50 bits per heavy atom. The molecule has 0 saturated carbocycles. The fourth-order valence-electron chi connectivity index (χ4n) is 1.43. The predicted octanol–water partition coefficient (Wildman–Crippen LogP) is 1.44. The minimum atomic E-state index is -0.453. The van der Waals surface area contributed by atoms with Crippen LogP contribution in [0.2, 0.25) is 0 Å². The molecule has 0 radical (unpaired) electrons. The quantitative estimate of drug-likeness (QED) is 0.487. The van der Waals surface area contributed by atoms with Crippen molar-refractivity contribution in [1.82, 2.24) is 19.9 Å². The molecule has 2 N–H and O–H groups in total. The van der Waals surface area contributed by atoms with Crippen molar-refractivity contribution in [3.05, 3.63) is 30.2 Å². The summed E-state index contributed by atoms with van der Waals surface area (Å²) < 4.78 is 6.76. The molecule has 2 aromatic rings. The van der Waals surface area contributed by atoms with E-state index in [0.717, 1.165) is 0 Å². The standard InChI is InChI=1S/C12H18N6O2/c1-8(2)11-15-12(20-17-11)9(3)19-16-10(13)7-18-6-4-5-14-18/h4-6,8-9H,7H2,1-3H3,(H2,13,16). The summed E-state index contributed by atoms with van der Waals surface area (Å²) in [6.45, 7) is 6.10. The fourth-order valence-corrected chi connectivity index (χ4v) is 1.43. The Hall–Kier alpha value is -2.38. The third-order valence-electron chi connectivity index (χ3n) is 2.53. The minimum absolute atomic E-state index is 0.202. The zero-order chi connectivity index (χ0) is 14.5. The van der Waals surface area contributed by atoms with Gasteiger partial charge in [0.05, 0.1) is 0 Å². The molecule has 2 heterocycles. The Kier molecular flexibility index (Phi) is 4.34. The van der Waals surface area contributed by atoms with Gasteiger partial charge in [0, 0.05) is 18.3 Å². The van der Waals surface area contributed by atoms with Crippen LogP contribution in [0.25, 0.3) is 0 Å². The monoisotopic (exact) mass is 278 g/mol. The average molecular weight is 278 g/mol. The van der Waals surface area contributed by atoms with Crippen molar-refractivity contribution in [2.24, 2.45) is 10.9 Å². The molecule has 8 nitrogen and oxygen atoms in total. The van der Waals surface area contributed by atoms with Crippen LogP contribution >= 0.6 is 0 Å². The second kappa shape index (κ2) is 6.18. The smallest absolute Gasteiger partial charge is 0.270 e. The molecule has 0 aromatic carbocycles. The van der Waals surface area contributed by atoms with Gasteiger partial charge in [-0.3, -0.25) is 4.68 Å². The highest BCUT2D eigenvalue weighted by atomic mass is 16.6. The molecule has 20 heavy (non-hydrogen) atoms. The third kappa shape index (κ3) is 3.56. The highest BCUT2D eigenvalue weighted by Crippen LogP contribution is 2.17. The van der Waals surface area contributed by atoms with Crippen molar-refractivity contribution in [3.8, 4) is 0 Å². The number of nitrogens with two attached hydrogens (primary N) is 1. The van der Waals surface area contributed by atoms with E-state index in [2.05, 4.69) is 20.4 Å². The van der Waals surface area contributed by atoms with Gasteiger partial charge in [-0.05, 0) is 13.0 Å². The van der Waals surface area contributed by atoms with Crippen molar-refractivity contribution in [3.63, 3.8) is 0 Å². The number of aromatic nitrogens is 4. The molecule has 0 aliphatic carbocycles. The molecule has 2 aromatic heterocycles. The topological polar surface area (TPSA) is 104 Å². The first-order valence-electron chi connectivity index (χ1n) is 6.35. The Labute approximate surface area is 116 Å². The Morgan fingerprint density at radius 2 is 2.30 bits per heavy atom. The summed E-state index contributed by atoms with van der Waals surface area (Å²) in [6.07, 6.45) is 3.01. The molecule has 8 heteroatoms. The van der Waals surface area contributed by atoms with E-state index < -0.39 is 6.10 Å². The summed E-state index contributed by atoms with van der Waals surface area (Å²) in [5.74, 6) is 1.53. The van der Waals surface area contributed by atoms with Crippen molar-refractivity contribution < 1.29 is 9.36 Å². The minimum Gasteiger partial charge on any atom is -0.383 e. The summed E-state index contributed by atoms with van der Waals surface area (Å²) >= 11 is 0. The highest BCUT2D eigenvalue weighted by Gasteiger charge is 2.17. The van der Waals surface area contributed by atoms with Gasteiger partial charge >= 0.3 is 0 Å². The molecule has 108 valence electrons. The van der Waals surface area contributed by atoms with E-state index in [1.165, 1.54) is 0 Å². The maximum atomic E-state index is 5.74. The maximum Gasteiger partial charge on any atom is 0.270 e. The van der Waals surface area contributed by atoms with Gasteiger partial charge in [0.1, 0.15) is 6.54 Å². The molecule has 0 amide bonds. The molecule has 1 atom stereocenters. The molecular weight excluding hydrogens is 260 g/mol. The van der Waals surface area contributed by atoms with Crippen LogP contribution in [0.15, 0.2) is 28.1 Å². The number of amidine groups is 1. The van der Waals surface area contributed by atoms with Crippen LogP contribution in [0.4, 0.5) is 0 Å². The molecule has 2 rings (SSSR count). The number of nitrogens with zero attached hydrogens (tertiary/aromatic N) is 5. The molecule has 0 fully saturated rings. The van der Waals surface area contributed by atoms with E-state index in [4.69, 9.17) is 15.1 Å². The van der Waals surface area contributed by atoms with E-state index in [1.807, 2.05) is 19.9 Å². The van der Waals surface area contributed by atoms with Crippen molar-refractivity contribution in [2.75, 3.05) is 0 Å². The number of oxime groups is 1. The van der Waals surface area contributed by atoms with Gasteiger partial charge in [0.25, 0.3) is 5.89 Å². The van der Waals surface area contributed by atoms with Gasteiger partial charge in [-0.15, -0.1) is 0 Å². The number of hydrogen-bond acceptors (Lipinski definition) is 6. The number of rotatable bonds is 6.